The van der Waals surface area contributed by atoms with Gasteiger partial charge in [-0.25, -0.2) is 0 Å². The lowest BCUT2D eigenvalue weighted by molar-refractivity contribution is -0.136. The van der Waals surface area contributed by atoms with Gasteiger partial charge >= 0.3 is 5.97 Å². The van der Waals surface area contributed by atoms with E-state index in [-0.39, 0.29) is 18.8 Å². The number of benzene rings is 2. The van der Waals surface area contributed by atoms with Crippen molar-refractivity contribution in [2.24, 2.45) is 0 Å². The maximum atomic E-state index is 10.7. The van der Waals surface area contributed by atoms with Crippen molar-refractivity contribution < 1.29 is 9.90 Å². The minimum atomic E-state index is -0.755. The summed E-state index contributed by atoms with van der Waals surface area (Å²) in [5, 5.41) is 12.2. The molecule has 2 N–H and O–H groups in total. The van der Waals surface area contributed by atoms with Gasteiger partial charge < -0.3 is 15.3 Å². The summed E-state index contributed by atoms with van der Waals surface area (Å²) in [6.45, 7) is 2.22. The topological polar surface area (TPSA) is 52.6 Å². The highest BCUT2D eigenvalue weighted by Gasteiger charge is 2.15. The summed E-state index contributed by atoms with van der Waals surface area (Å²) in [5.74, 6) is -0.0795. The van der Waals surface area contributed by atoms with E-state index in [4.69, 9.17) is 5.11 Å². The van der Waals surface area contributed by atoms with Gasteiger partial charge in [-0.2, -0.15) is 0 Å². The summed E-state index contributed by atoms with van der Waals surface area (Å²) in [4.78, 5) is 12.8. The third kappa shape index (κ3) is 5.23. The zero-order chi connectivity index (χ0) is 17.6. The number of aryl methyl sites for hydroxylation is 1. The van der Waals surface area contributed by atoms with Crippen LogP contribution in [0.25, 0.3) is 0 Å². The third-order valence-electron chi connectivity index (χ3n) is 5.04. The molecule has 0 bridgehead atoms. The zero-order valence-electron chi connectivity index (χ0n) is 15.1. The van der Waals surface area contributed by atoms with Gasteiger partial charge in [0.1, 0.15) is 0 Å². The number of anilines is 2. The normalized spacial score (nSPS) is 14.5. The van der Waals surface area contributed by atoms with Crippen LogP contribution >= 0.6 is 12.4 Å². The van der Waals surface area contributed by atoms with Crippen molar-refractivity contribution in [3.05, 3.63) is 59.7 Å². The number of carboxylic acid groups (broad SMARTS) is 1. The largest absolute Gasteiger partial charge is 0.481 e. The molecule has 140 valence electrons. The number of rotatable bonds is 6. The van der Waals surface area contributed by atoms with Gasteiger partial charge in [-0.1, -0.05) is 24.3 Å². The van der Waals surface area contributed by atoms with Gasteiger partial charge in [0.15, 0.2) is 0 Å². The summed E-state index contributed by atoms with van der Waals surface area (Å²) in [6, 6.07) is 17.0. The Hall–Kier alpha value is -2.04. The van der Waals surface area contributed by atoms with E-state index < -0.39 is 5.97 Å². The molecule has 1 saturated heterocycles. The molecule has 0 unspecified atom stereocenters. The number of nitrogens with zero attached hydrogens (tertiary/aromatic N) is 1. The first-order valence-corrected chi connectivity index (χ1v) is 8.98. The fraction of sp³-hybridized carbons (Fsp3) is 0.381. The molecule has 1 fully saturated rings. The lowest BCUT2D eigenvalue weighted by atomic mass is 9.90. The Morgan fingerprint density at radius 3 is 2.12 bits per heavy atom. The van der Waals surface area contributed by atoms with Gasteiger partial charge in [0, 0.05) is 24.8 Å². The number of carbonyl (C=O) groups is 1. The van der Waals surface area contributed by atoms with Gasteiger partial charge in [-0.15, -0.1) is 12.4 Å². The van der Waals surface area contributed by atoms with Crippen LogP contribution in [0.15, 0.2) is 48.5 Å². The molecular weight excluding hydrogens is 348 g/mol. The van der Waals surface area contributed by atoms with E-state index in [9.17, 15) is 4.79 Å². The van der Waals surface area contributed by atoms with Crippen molar-refractivity contribution in [3.63, 3.8) is 0 Å². The highest BCUT2D eigenvalue weighted by molar-refractivity contribution is 5.85. The van der Waals surface area contributed by atoms with Gasteiger partial charge in [0.05, 0.1) is 0 Å². The Kier molecular flexibility index (Phi) is 7.49. The molecule has 4 nitrogen and oxygen atoms in total. The first-order chi connectivity index (χ1) is 12.1. The van der Waals surface area contributed by atoms with Gasteiger partial charge in [0.25, 0.3) is 0 Å². The van der Waals surface area contributed by atoms with E-state index in [1.807, 2.05) is 12.1 Å². The van der Waals surface area contributed by atoms with Crippen LogP contribution in [0.5, 0.6) is 0 Å². The zero-order valence-corrected chi connectivity index (χ0v) is 16.0. The minimum Gasteiger partial charge on any atom is -0.481 e. The standard InChI is InChI=1S/C21H26N2O2.ClH/c1-23(19-7-2-16(3-8-19)4-11-21(24)25)20-9-5-17(6-10-20)18-12-14-22-15-13-18;/h2-3,5-10,18,22H,4,11-15H2,1H3,(H,24,25);1H. The van der Waals surface area contributed by atoms with Gasteiger partial charge in [-0.05, 0) is 73.7 Å². The maximum absolute atomic E-state index is 10.7. The SMILES string of the molecule is CN(c1ccc(CCC(=O)O)cc1)c1ccc(C2CCNCC2)cc1.Cl. The summed E-state index contributed by atoms with van der Waals surface area (Å²) in [6.07, 6.45) is 3.18. The molecule has 2 aromatic rings. The molecule has 0 aliphatic carbocycles. The van der Waals surface area contributed by atoms with Crippen molar-refractivity contribution in [1.29, 1.82) is 0 Å². The molecule has 0 spiro atoms. The Morgan fingerprint density at radius 2 is 1.58 bits per heavy atom. The van der Waals surface area contributed by atoms with Crippen molar-refractivity contribution in [3.8, 4) is 0 Å². The number of hydrogen-bond donors (Lipinski definition) is 2. The molecule has 1 heterocycles. The highest BCUT2D eigenvalue weighted by Crippen LogP contribution is 2.29. The lowest BCUT2D eigenvalue weighted by Gasteiger charge is -2.24. The van der Waals surface area contributed by atoms with Crippen molar-refractivity contribution in [1.82, 2.24) is 5.32 Å². The number of hydrogen-bond acceptors (Lipinski definition) is 3. The lowest BCUT2D eigenvalue weighted by Crippen LogP contribution is -2.26. The second kappa shape index (κ2) is 9.60. The monoisotopic (exact) mass is 374 g/mol. The van der Waals surface area contributed by atoms with Gasteiger partial charge in [0.2, 0.25) is 0 Å². The maximum Gasteiger partial charge on any atom is 0.303 e. The molecule has 1 aliphatic rings. The number of halogens is 1. The van der Waals surface area contributed by atoms with Crippen molar-refractivity contribution >= 4 is 29.8 Å². The first-order valence-electron chi connectivity index (χ1n) is 8.98. The summed E-state index contributed by atoms with van der Waals surface area (Å²) in [7, 11) is 2.06. The molecule has 0 amide bonds. The molecule has 0 radical (unpaired) electrons. The van der Waals surface area contributed by atoms with E-state index in [0.717, 1.165) is 30.0 Å². The van der Waals surface area contributed by atoms with E-state index >= 15 is 0 Å². The summed E-state index contributed by atoms with van der Waals surface area (Å²) >= 11 is 0. The highest BCUT2D eigenvalue weighted by atomic mass is 35.5. The van der Waals surface area contributed by atoms with E-state index in [2.05, 4.69) is 53.7 Å². The van der Waals surface area contributed by atoms with Crippen LogP contribution in [0.3, 0.4) is 0 Å². The van der Waals surface area contributed by atoms with Crippen molar-refractivity contribution in [2.45, 2.75) is 31.6 Å². The van der Waals surface area contributed by atoms with Crippen LogP contribution in [0, 0.1) is 0 Å². The molecule has 0 aromatic heterocycles. The van der Waals surface area contributed by atoms with Crippen LogP contribution in [-0.2, 0) is 11.2 Å². The number of piperidine rings is 1. The first kappa shape index (κ1) is 20.3. The Bertz CT molecular complexity index is 695. The number of aliphatic carboxylic acids is 1. The molecular formula is C21H27ClN2O2. The second-order valence-corrected chi connectivity index (χ2v) is 6.74. The smallest absolute Gasteiger partial charge is 0.303 e. The molecule has 26 heavy (non-hydrogen) atoms. The Morgan fingerprint density at radius 1 is 1.04 bits per heavy atom. The van der Waals surface area contributed by atoms with E-state index in [1.54, 1.807) is 0 Å². The fourth-order valence-corrected chi connectivity index (χ4v) is 3.41. The predicted octanol–water partition coefficient (Wildman–Crippen LogP) is 4.36. The molecule has 3 rings (SSSR count). The Labute approximate surface area is 161 Å². The average Bonchev–Trinajstić information content (AvgIpc) is 2.67. The van der Waals surface area contributed by atoms with Crippen LogP contribution in [0.1, 0.15) is 36.3 Å². The molecule has 5 heteroatoms. The summed E-state index contributed by atoms with van der Waals surface area (Å²) in [5.41, 5.74) is 4.76. The van der Waals surface area contributed by atoms with Gasteiger partial charge in [-0.3, -0.25) is 4.79 Å². The van der Waals surface area contributed by atoms with Crippen LogP contribution < -0.4 is 10.2 Å². The third-order valence-corrected chi connectivity index (χ3v) is 5.04. The van der Waals surface area contributed by atoms with E-state index in [0.29, 0.717) is 12.3 Å². The quantitative estimate of drug-likeness (QED) is 0.788. The average molecular weight is 375 g/mol. The molecule has 1 aliphatic heterocycles. The van der Waals surface area contributed by atoms with Crippen LogP contribution in [-0.4, -0.2) is 31.2 Å². The van der Waals surface area contributed by atoms with Crippen LogP contribution in [0.2, 0.25) is 0 Å². The van der Waals surface area contributed by atoms with Crippen molar-refractivity contribution in [2.75, 3.05) is 25.0 Å². The number of nitrogens with one attached hydrogen (secondary N) is 1. The predicted molar refractivity (Wildman–Crippen MR) is 109 cm³/mol. The Balaban J connectivity index is 0.00000243. The number of carboxylic acids is 1. The molecule has 0 saturated carbocycles. The van der Waals surface area contributed by atoms with E-state index in [1.165, 1.54) is 18.4 Å². The molecule has 0 atom stereocenters. The fourth-order valence-electron chi connectivity index (χ4n) is 3.41. The van der Waals surface area contributed by atoms with Crippen LogP contribution in [0.4, 0.5) is 11.4 Å². The summed E-state index contributed by atoms with van der Waals surface area (Å²) < 4.78 is 0. The second-order valence-electron chi connectivity index (χ2n) is 6.74. The minimum absolute atomic E-state index is 0. The molecule has 2 aromatic carbocycles.